The van der Waals surface area contributed by atoms with Gasteiger partial charge < -0.3 is 15.1 Å². The van der Waals surface area contributed by atoms with Crippen molar-refractivity contribution < 1.29 is 4.79 Å². The van der Waals surface area contributed by atoms with E-state index in [1.807, 2.05) is 17.2 Å². The van der Waals surface area contributed by atoms with Gasteiger partial charge in [-0.05, 0) is 37.8 Å². The summed E-state index contributed by atoms with van der Waals surface area (Å²) in [6, 6.07) is 4.17. The molecule has 2 aliphatic rings. The van der Waals surface area contributed by atoms with Crippen molar-refractivity contribution in [1.29, 1.82) is 0 Å². The number of carbonyl (C=O) groups is 1. The monoisotopic (exact) mass is 328 g/mol. The molecule has 2 heterocycles. The van der Waals surface area contributed by atoms with Crippen molar-refractivity contribution in [2.24, 2.45) is 5.92 Å². The minimum Gasteiger partial charge on any atom is -0.353 e. The Morgan fingerprint density at radius 2 is 2.12 bits per heavy atom. The second-order valence-electron chi connectivity index (χ2n) is 6.76. The highest BCUT2D eigenvalue weighted by Crippen LogP contribution is 2.20. The van der Waals surface area contributed by atoms with Gasteiger partial charge in [0, 0.05) is 51.4 Å². The Morgan fingerprint density at radius 3 is 2.83 bits per heavy atom. The molecular weight excluding hydrogens is 300 g/mol. The quantitative estimate of drug-likeness (QED) is 0.842. The Bertz CT molecular complexity index is 578. The number of aromatic nitrogens is 1. The summed E-state index contributed by atoms with van der Waals surface area (Å²) in [5, 5.41) is 3.61. The highest BCUT2D eigenvalue weighted by Gasteiger charge is 2.21. The standard InChI is InChI=1S/C19H28N4O/c1-16(24)22-10-12-23(13-11-22)19-18(8-5-9-21-19)15-20-14-17-6-3-2-4-7-17/h2-3,5,8-9,17,20H,4,6-7,10-15H2,1H3/t17-/m1/s1. The summed E-state index contributed by atoms with van der Waals surface area (Å²) < 4.78 is 0. The number of nitrogens with zero attached hydrogens (tertiary/aromatic N) is 3. The van der Waals surface area contributed by atoms with Crippen LogP contribution in [0, 0.1) is 5.92 Å². The minimum atomic E-state index is 0.166. The van der Waals surface area contributed by atoms with E-state index in [1.165, 1.54) is 24.8 Å². The predicted molar refractivity (Wildman–Crippen MR) is 96.9 cm³/mol. The van der Waals surface area contributed by atoms with Crippen molar-refractivity contribution in [1.82, 2.24) is 15.2 Å². The van der Waals surface area contributed by atoms with Crippen LogP contribution in [0.4, 0.5) is 5.82 Å². The van der Waals surface area contributed by atoms with Crippen molar-refractivity contribution in [3.05, 3.63) is 36.0 Å². The van der Waals surface area contributed by atoms with E-state index in [4.69, 9.17) is 0 Å². The lowest BCUT2D eigenvalue weighted by atomic mass is 9.94. The van der Waals surface area contributed by atoms with Crippen LogP contribution in [-0.2, 0) is 11.3 Å². The summed E-state index contributed by atoms with van der Waals surface area (Å²) in [4.78, 5) is 20.3. The maximum absolute atomic E-state index is 11.5. The first-order chi connectivity index (χ1) is 11.7. The lowest BCUT2D eigenvalue weighted by Crippen LogP contribution is -2.48. The fourth-order valence-corrected chi connectivity index (χ4v) is 3.54. The molecule has 1 aliphatic heterocycles. The molecular formula is C19H28N4O. The van der Waals surface area contributed by atoms with Gasteiger partial charge in [0.15, 0.2) is 0 Å². The third-order valence-electron chi connectivity index (χ3n) is 5.02. The number of allylic oxidation sites excluding steroid dienone is 2. The summed E-state index contributed by atoms with van der Waals surface area (Å²) in [6.45, 7) is 6.85. The topological polar surface area (TPSA) is 48.5 Å². The zero-order valence-electron chi connectivity index (χ0n) is 14.6. The molecule has 3 rings (SSSR count). The largest absolute Gasteiger partial charge is 0.353 e. The van der Waals surface area contributed by atoms with Crippen LogP contribution in [0.3, 0.4) is 0 Å². The van der Waals surface area contributed by atoms with Crippen LogP contribution in [0.15, 0.2) is 30.5 Å². The summed E-state index contributed by atoms with van der Waals surface area (Å²) in [6.07, 6.45) is 10.2. The molecule has 0 bridgehead atoms. The van der Waals surface area contributed by atoms with Crippen molar-refractivity contribution in [2.75, 3.05) is 37.6 Å². The maximum Gasteiger partial charge on any atom is 0.219 e. The third-order valence-corrected chi connectivity index (χ3v) is 5.02. The number of nitrogens with one attached hydrogen (secondary N) is 1. The minimum absolute atomic E-state index is 0.166. The molecule has 0 radical (unpaired) electrons. The molecule has 1 amide bonds. The molecule has 0 saturated carbocycles. The summed E-state index contributed by atoms with van der Waals surface area (Å²) >= 11 is 0. The number of hydrogen-bond donors (Lipinski definition) is 1. The Hall–Kier alpha value is -1.88. The second-order valence-corrected chi connectivity index (χ2v) is 6.76. The molecule has 0 unspecified atom stereocenters. The highest BCUT2D eigenvalue weighted by atomic mass is 16.2. The number of rotatable bonds is 5. The van der Waals surface area contributed by atoms with E-state index >= 15 is 0 Å². The van der Waals surface area contributed by atoms with E-state index in [1.54, 1.807) is 6.92 Å². The fourth-order valence-electron chi connectivity index (χ4n) is 3.54. The zero-order chi connectivity index (χ0) is 16.8. The number of pyridine rings is 1. The first-order valence-electron chi connectivity index (χ1n) is 9.04. The number of piperazine rings is 1. The summed E-state index contributed by atoms with van der Waals surface area (Å²) in [5.74, 6) is 1.99. The number of anilines is 1. The average Bonchev–Trinajstić information content (AvgIpc) is 2.63. The second kappa shape index (κ2) is 8.29. The smallest absolute Gasteiger partial charge is 0.219 e. The van der Waals surface area contributed by atoms with E-state index in [0.29, 0.717) is 0 Å². The molecule has 0 spiro atoms. The number of carbonyl (C=O) groups excluding carboxylic acids is 1. The Kier molecular flexibility index (Phi) is 5.86. The van der Waals surface area contributed by atoms with Crippen LogP contribution in [0.25, 0.3) is 0 Å². The van der Waals surface area contributed by atoms with Crippen LogP contribution in [0.5, 0.6) is 0 Å². The SMILES string of the molecule is CC(=O)N1CCN(c2ncccc2CNC[C@@H]2CC=CCC2)CC1. The van der Waals surface area contributed by atoms with Gasteiger partial charge in [0.2, 0.25) is 5.91 Å². The zero-order valence-corrected chi connectivity index (χ0v) is 14.6. The molecule has 1 saturated heterocycles. The Morgan fingerprint density at radius 1 is 1.29 bits per heavy atom. The van der Waals surface area contributed by atoms with Gasteiger partial charge in [-0.1, -0.05) is 18.2 Å². The van der Waals surface area contributed by atoms with Gasteiger partial charge in [-0.3, -0.25) is 4.79 Å². The molecule has 24 heavy (non-hydrogen) atoms. The third kappa shape index (κ3) is 4.35. The van der Waals surface area contributed by atoms with Gasteiger partial charge in [0.05, 0.1) is 0 Å². The molecule has 5 heteroatoms. The highest BCUT2D eigenvalue weighted by molar-refractivity contribution is 5.73. The normalized spacial score (nSPS) is 21.1. The molecule has 0 aromatic carbocycles. The average molecular weight is 328 g/mol. The van der Waals surface area contributed by atoms with Crippen molar-refractivity contribution in [2.45, 2.75) is 32.7 Å². The van der Waals surface area contributed by atoms with E-state index in [0.717, 1.165) is 51.0 Å². The van der Waals surface area contributed by atoms with Crippen molar-refractivity contribution in [3.8, 4) is 0 Å². The molecule has 5 nitrogen and oxygen atoms in total. The molecule has 1 fully saturated rings. The molecule has 130 valence electrons. The maximum atomic E-state index is 11.5. The van der Waals surface area contributed by atoms with Crippen LogP contribution >= 0.6 is 0 Å². The van der Waals surface area contributed by atoms with Gasteiger partial charge in [-0.25, -0.2) is 4.98 Å². The summed E-state index contributed by atoms with van der Waals surface area (Å²) in [7, 11) is 0. The van der Waals surface area contributed by atoms with E-state index < -0.39 is 0 Å². The first kappa shape index (κ1) is 17.0. The predicted octanol–water partition coefficient (Wildman–Crippen LogP) is 2.20. The van der Waals surface area contributed by atoms with Gasteiger partial charge in [0.25, 0.3) is 0 Å². The van der Waals surface area contributed by atoms with Crippen LogP contribution < -0.4 is 10.2 Å². The van der Waals surface area contributed by atoms with E-state index in [-0.39, 0.29) is 5.91 Å². The number of amides is 1. The lowest BCUT2D eigenvalue weighted by Gasteiger charge is -2.35. The fraction of sp³-hybridized carbons (Fsp3) is 0.579. The van der Waals surface area contributed by atoms with E-state index in [9.17, 15) is 4.79 Å². The van der Waals surface area contributed by atoms with Gasteiger partial charge >= 0.3 is 0 Å². The molecule has 1 aliphatic carbocycles. The molecule has 1 N–H and O–H groups in total. The van der Waals surface area contributed by atoms with Crippen LogP contribution in [0.2, 0.25) is 0 Å². The molecule has 1 aromatic heterocycles. The Labute approximate surface area is 144 Å². The van der Waals surface area contributed by atoms with Crippen molar-refractivity contribution in [3.63, 3.8) is 0 Å². The summed E-state index contributed by atoms with van der Waals surface area (Å²) in [5.41, 5.74) is 1.25. The molecule has 1 atom stereocenters. The van der Waals surface area contributed by atoms with Gasteiger partial charge in [-0.2, -0.15) is 0 Å². The Balaban J connectivity index is 1.55. The van der Waals surface area contributed by atoms with Crippen LogP contribution in [0.1, 0.15) is 31.7 Å². The van der Waals surface area contributed by atoms with Gasteiger partial charge in [0.1, 0.15) is 5.82 Å². The van der Waals surface area contributed by atoms with E-state index in [2.05, 4.69) is 33.4 Å². The van der Waals surface area contributed by atoms with Crippen molar-refractivity contribution >= 4 is 11.7 Å². The number of hydrogen-bond acceptors (Lipinski definition) is 4. The first-order valence-corrected chi connectivity index (χ1v) is 9.04. The van der Waals surface area contributed by atoms with Crippen LogP contribution in [-0.4, -0.2) is 48.5 Å². The molecule has 1 aromatic rings. The van der Waals surface area contributed by atoms with Gasteiger partial charge in [-0.15, -0.1) is 0 Å². The lowest BCUT2D eigenvalue weighted by molar-refractivity contribution is -0.129.